The van der Waals surface area contributed by atoms with Gasteiger partial charge in [-0.05, 0) is 19.1 Å². The molecular formula is C12H13FN2O3. The lowest BCUT2D eigenvalue weighted by Crippen LogP contribution is -1.99. The van der Waals surface area contributed by atoms with Crippen LogP contribution in [0.4, 0.5) is 4.39 Å². The number of aliphatic hydroxyl groups excluding tert-OH is 1. The van der Waals surface area contributed by atoms with Crippen LogP contribution in [0.25, 0.3) is 0 Å². The van der Waals surface area contributed by atoms with E-state index in [9.17, 15) is 9.50 Å². The van der Waals surface area contributed by atoms with Crippen molar-refractivity contribution >= 4 is 0 Å². The van der Waals surface area contributed by atoms with Crippen molar-refractivity contribution in [1.82, 2.24) is 10.2 Å². The van der Waals surface area contributed by atoms with Gasteiger partial charge in [-0.1, -0.05) is 0 Å². The summed E-state index contributed by atoms with van der Waals surface area (Å²) in [6, 6.07) is 4.27. The van der Waals surface area contributed by atoms with Crippen molar-refractivity contribution < 1.29 is 18.7 Å². The predicted molar refractivity (Wildman–Crippen MR) is 60.4 cm³/mol. The second kappa shape index (κ2) is 5.14. The van der Waals surface area contributed by atoms with Crippen LogP contribution in [-0.4, -0.2) is 15.3 Å². The highest BCUT2D eigenvalue weighted by molar-refractivity contribution is 5.30. The average Bonchev–Trinajstić information content (AvgIpc) is 2.72. The summed E-state index contributed by atoms with van der Waals surface area (Å²) in [4.78, 5) is 0. The van der Waals surface area contributed by atoms with Crippen molar-refractivity contribution in [3.63, 3.8) is 0 Å². The second-order valence-electron chi connectivity index (χ2n) is 3.86. The van der Waals surface area contributed by atoms with Gasteiger partial charge in [0.15, 0.2) is 6.61 Å². The van der Waals surface area contributed by atoms with Gasteiger partial charge in [0.05, 0.1) is 6.10 Å². The van der Waals surface area contributed by atoms with E-state index in [0.29, 0.717) is 17.5 Å². The number of nitrogens with zero attached hydrogens (tertiary/aromatic N) is 2. The first kappa shape index (κ1) is 12.5. The van der Waals surface area contributed by atoms with E-state index >= 15 is 0 Å². The van der Waals surface area contributed by atoms with Crippen molar-refractivity contribution in [2.24, 2.45) is 0 Å². The Kier molecular flexibility index (Phi) is 3.57. The number of halogens is 1. The van der Waals surface area contributed by atoms with E-state index in [-0.39, 0.29) is 12.2 Å². The molecule has 1 N–H and O–H groups in total. The molecule has 1 aromatic heterocycles. The summed E-state index contributed by atoms with van der Waals surface area (Å²) in [5, 5.41) is 16.7. The van der Waals surface area contributed by atoms with Crippen LogP contribution in [0, 0.1) is 12.7 Å². The van der Waals surface area contributed by atoms with E-state index in [4.69, 9.17) is 9.15 Å². The van der Waals surface area contributed by atoms with Crippen LogP contribution in [0.5, 0.6) is 5.75 Å². The summed E-state index contributed by atoms with van der Waals surface area (Å²) in [7, 11) is 0. The van der Waals surface area contributed by atoms with Crippen LogP contribution in [0.3, 0.4) is 0 Å². The van der Waals surface area contributed by atoms with Gasteiger partial charge < -0.3 is 14.3 Å². The number of aryl methyl sites for hydroxylation is 1. The molecule has 0 bridgehead atoms. The quantitative estimate of drug-likeness (QED) is 0.902. The molecule has 96 valence electrons. The van der Waals surface area contributed by atoms with E-state index in [1.165, 1.54) is 19.1 Å². The van der Waals surface area contributed by atoms with Crippen LogP contribution >= 0.6 is 0 Å². The summed E-state index contributed by atoms with van der Waals surface area (Å²) in [6.45, 7) is 3.25. The molecule has 0 radical (unpaired) electrons. The van der Waals surface area contributed by atoms with Gasteiger partial charge in [-0.15, -0.1) is 10.2 Å². The second-order valence-corrected chi connectivity index (χ2v) is 3.86. The van der Waals surface area contributed by atoms with E-state index in [2.05, 4.69) is 10.2 Å². The number of benzene rings is 1. The summed E-state index contributed by atoms with van der Waals surface area (Å²) < 4.78 is 24.0. The zero-order chi connectivity index (χ0) is 13.1. The molecule has 2 aromatic rings. The van der Waals surface area contributed by atoms with Crippen molar-refractivity contribution in [2.45, 2.75) is 26.6 Å². The molecule has 6 heteroatoms. The monoisotopic (exact) mass is 252 g/mol. The number of hydrogen-bond donors (Lipinski definition) is 1. The zero-order valence-corrected chi connectivity index (χ0v) is 10.1. The molecule has 1 heterocycles. The highest BCUT2D eigenvalue weighted by Crippen LogP contribution is 2.22. The Labute approximate surface area is 103 Å². The normalized spacial score (nSPS) is 12.4. The molecule has 0 saturated heterocycles. The van der Waals surface area contributed by atoms with Gasteiger partial charge in [0.25, 0.3) is 5.89 Å². The molecule has 0 aliphatic rings. The maximum absolute atomic E-state index is 13.5. The van der Waals surface area contributed by atoms with Crippen LogP contribution in [0.15, 0.2) is 22.6 Å². The fourth-order valence-electron chi connectivity index (χ4n) is 1.48. The lowest BCUT2D eigenvalue weighted by atomic mass is 10.1. The molecule has 1 atom stereocenters. The zero-order valence-electron chi connectivity index (χ0n) is 10.1. The molecule has 1 unspecified atom stereocenters. The van der Waals surface area contributed by atoms with Crippen LogP contribution in [0.2, 0.25) is 0 Å². The Balaban J connectivity index is 2.04. The molecule has 0 fully saturated rings. The Morgan fingerprint density at radius 2 is 2.22 bits per heavy atom. The first-order valence-electron chi connectivity index (χ1n) is 5.45. The van der Waals surface area contributed by atoms with Crippen LogP contribution in [0.1, 0.15) is 30.4 Å². The minimum Gasteiger partial charge on any atom is -0.484 e. The minimum atomic E-state index is -0.849. The smallest absolute Gasteiger partial charge is 0.253 e. The molecule has 18 heavy (non-hydrogen) atoms. The third-order valence-corrected chi connectivity index (χ3v) is 2.35. The third-order valence-electron chi connectivity index (χ3n) is 2.35. The number of aliphatic hydroxyl groups is 1. The van der Waals surface area contributed by atoms with E-state index in [0.717, 1.165) is 0 Å². The summed E-state index contributed by atoms with van der Waals surface area (Å²) >= 11 is 0. The number of aromatic nitrogens is 2. The summed E-state index contributed by atoms with van der Waals surface area (Å²) in [5.74, 6) is 0.605. The fraction of sp³-hybridized carbons (Fsp3) is 0.333. The first-order chi connectivity index (χ1) is 8.56. The lowest BCUT2D eigenvalue weighted by Gasteiger charge is -2.08. The van der Waals surface area contributed by atoms with Gasteiger partial charge in [0.2, 0.25) is 5.89 Å². The summed E-state index contributed by atoms with van der Waals surface area (Å²) in [6.07, 6.45) is -0.849. The van der Waals surface area contributed by atoms with Crippen molar-refractivity contribution in [3.05, 3.63) is 41.4 Å². The minimum absolute atomic E-state index is 0.0777. The number of hydrogen-bond acceptors (Lipinski definition) is 5. The van der Waals surface area contributed by atoms with Gasteiger partial charge in [0, 0.05) is 18.6 Å². The molecule has 0 aliphatic carbocycles. The van der Waals surface area contributed by atoms with E-state index < -0.39 is 11.9 Å². The van der Waals surface area contributed by atoms with Crippen LogP contribution in [-0.2, 0) is 6.61 Å². The maximum atomic E-state index is 13.5. The van der Waals surface area contributed by atoms with E-state index in [1.54, 1.807) is 13.0 Å². The highest BCUT2D eigenvalue weighted by Gasteiger charge is 2.10. The van der Waals surface area contributed by atoms with Gasteiger partial charge in [0.1, 0.15) is 11.6 Å². The number of ether oxygens (including phenoxy) is 1. The SMILES string of the molecule is Cc1nnc(COc2ccc(C(C)O)c(F)c2)o1. The number of rotatable bonds is 4. The summed E-state index contributed by atoms with van der Waals surface area (Å²) in [5.41, 5.74) is 0.232. The fourth-order valence-corrected chi connectivity index (χ4v) is 1.48. The van der Waals surface area contributed by atoms with Gasteiger partial charge in [-0.2, -0.15) is 0 Å². The van der Waals surface area contributed by atoms with Gasteiger partial charge >= 0.3 is 0 Å². The molecule has 0 saturated carbocycles. The first-order valence-corrected chi connectivity index (χ1v) is 5.45. The molecule has 2 rings (SSSR count). The van der Waals surface area contributed by atoms with Crippen LogP contribution < -0.4 is 4.74 Å². The average molecular weight is 252 g/mol. The molecule has 5 nitrogen and oxygen atoms in total. The highest BCUT2D eigenvalue weighted by atomic mass is 19.1. The maximum Gasteiger partial charge on any atom is 0.253 e. The lowest BCUT2D eigenvalue weighted by molar-refractivity contribution is 0.193. The van der Waals surface area contributed by atoms with Crippen molar-refractivity contribution in [3.8, 4) is 5.75 Å². The molecule has 0 aliphatic heterocycles. The Hall–Kier alpha value is -1.95. The van der Waals surface area contributed by atoms with Gasteiger partial charge in [-0.25, -0.2) is 4.39 Å². The molecular weight excluding hydrogens is 239 g/mol. The van der Waals surface area contributed by atoms with E-state index in [1.807, 2.05) is 0 Å². The van der Waals surface area contributed by atoms with Crippen molar-refractivity contribution in [2.75, 3.05) is 0 Å². The molecule has 0 amide bonds. The Bertz CT molecular complexity index is 540. The third kappa shape index (κ3) is 2.84. The molecule has 0 spiro atoms. The van der Waals surface area contributed by atoms with Crippen molar-refractivity contribution in [1.29, 1.82) is 0 Å². The Morgan fingerprint density at radius 3 is 2.78 bits per heavy atom. The molecule has 1 aromatic carbocycles. The largest absolute Gasteiger partial charge is 0.484 e. The predicted octanol–water partition coefficient (Wildman–Crippen LogP) is 2.15. The standard InChI is InChI=1S/C12H13FN2O3/c1-7(16)10-4-3-9(5-11(10)13)17-6-12-15-14-8(2)18-12/h3-5,7,16H,6H2,1-2H3. The Morgan fingerprint density at radius 1 is 1.44 bits per heavy atom. The van der Waals surface area contributed by atoms with Gasteiger partial charge in [-0.3, -0.25) is 0 Å². The topological polar surface area (TPSA) is 68.4 Å².